The van der Waals surface area contributed by atoms with Crippen LogP contribution in [0.1, 0.15) is 47.2 Å². The third kappa shape index (κ3) is 2.19. The van der Waals surface area contributed by atoms with Crippen molar-refractivity contribution in [2.24, 2.45) is 0 Å². The molecular weight excluding hydrogens is 286 g/mol. The summed E-state index contributed by atoms with van der Waals surface area (Å²) in [5.74, 6) is -0.0607. The zero-order chi connectivity index (χ0) is 15.9. The van der Waals surface area contributed by atoms with E-state index in [1.165, 1.54) is 0 Å². The summed E-state index contributed by atoms with van der Waals surface area (Å²) in [5, 5.41) is 11.1. The van der Waals surface area contributed by atoms with Gasteiger partial charge in [0.1, 0.15) is 6.23 Å². The van der Waals surface area contributed by atoms with Gasteiger partial charge in [0.2, 0.25) is 0 Å². The molecule has 2 aromatic carbocycles. The number of rotatable bonds is 2. The average Bonchev–Trinajstić information content (AvgIpc) is 3.09. The fraction of sp³-hybridized carbons (Fsp3) is 0.350. The second kappa shape index (κ2) is 5.50. The molecule has 118 valence electrons. The Bertz CT molecular complexity index is 719. The summed E-state index contributed by atoms with van der Waals surface area (Å²) in [6, 6.07) is 17.7. The number of aliphatic hydroxyl groups is 1. The number of nitrogens with zero attached hydrogens (tertiary/aromatic N) is 1. The highest BCUT2D eigenvalue weighted by Crippen LogP contribution is 2.49. The Labute approximate surface area is 136 Å². The largest absolute Gasteiger partial charge is 0.373 e. The van der Waals surface area contributed by atoms with Crippen LogP contribution in [0.5, 0.6) is 0 Å². The number of carbonyl (C=O) groups is 1. The Morgan fingerprint density at radius 3 is 2.39 bits per heavy atom. The highest BCUT2D eigenvalue weighted by atomic mass is 16.3. The molecule has 1 heterocycles. The van der Waals surface area contributed by atoms with Crippen LogP contribution in [0.25, 0.3) is 0 Å². The second-order valence-electron chi connectivity index (χ2n) is 6.70. The van der Waals surface area contributed by atoms with Gasteiger partial charge in [-0.2, -0.15) is 0 Å². The normalized spacial score (nSPS) is 22.4. The van der Waals surface area contributed by atoms with Crippen molar-refractivity contribution in [3.8, 4) is 0 Å². The van der Waals surface area contributed by atoms with Crippen molar-refractivity contribution in [2.45, 2.75) is 43.9 Å². The van der Waals surface area contributed by atoms with Crippen LogP contribution >= 0.6 is 0 Å². The molecule has 3 heteroatoms. The van der Waals surface area contributed by atoms with E-state index in [0.29, 0.717) is 6.54 Å². The smallest absolute Gasteiger partial charge is 0.256 e. The number of amides is 1. The van der Waals surface area contributed by atoms with Gasteiger partial charge in [0.15, 0.2) is 0 Å². The molecule has 2 aliphatic rings. The quantitative estimate of drug-likeness (QED) is 0.923. The Kier molecular flexibility index (Phi) is 3.46. The molecule has 1 atom stereocenters. The molecule has 0 saturated heterocycles. The van der Waals surface area contributed by atoms with E-state index in [4.69, 9.17) is 0 Å². The van der Waals surface area contributed by atoms with Gasteiger partial charge < -0.3 is 10.0 Å². The first-order chi connectivity index (χ1) is 11.2. The van der Waals surface area contributed by atoms with Crippen molar-refractivity contribution >= 4 is 5.91 Å². The molecule has 1 aliphatic carbocycles. The van der Waals surface area contributed by atoms with Crippen LogP contribution in [0.3, 0.4) is 0 Å². The molecule has 0 aromatic heterocycles. The van der Waals surface area contributed by atoms with Gasteiger partial charge >= 0.3 is 0 Å². The van der Waals surface area contributed by atoms with E-state index in [9.17, 15) is 9.90 Å². The van der Waals surface area contributed by atoms with E-state index in [1.54, 1.807) is 4.90 Å². The van der Waals surface area contributed by atoms with Crippen molar-refractivity contribution in [2.75, 3.05) is 0 Å². The summed E-state index contributed by atoms with van der Waals surface area (Å²) in [4.78, 5) is 14.6. The van der Waals surface area contributed by atoms with E-state index >= 15 is 0 Å². The van der Waals surface area contributed by atoms with Crippen LogP contribution in [0.2, 0.25) is 0 Å². The summed E-state index contributed by atoms with van der Waals surface area (Å²) < 4.78 is 0. The van der Waals surface area contributed by atoms with Gasteiger partial charge in [-0.25, -0.2) is 0 Å². The first-order valence-electron chi connectivity index (χ1n) is 8.35. The highest BCUT2D eigenvalue weighted by molar-refractivity contribution is 5.97. The third-order valence-electron chi connectivity index (χ3n) is 5.44. The zero-order valence-corrected chi connectivity index (χ0v) is 13.1. The van der Waals surface area contributed by atoms with E-state index in [-0.39, 0.29) is 11.3 Å². The number of carbonyl (C=O) groups excluding carboxylic acids is 1. The van der Waals surface area contributed by atoms with Crippen molar-refractivity contribution in [3.63, 3.8) is 0 Å². The molecule has 1 amide bonds. The standard InChI is InChI=1S/C20H21NO2/c22-18-16-10-4-5-11-17(16)20(12-6-7-13-20)19(23)21(18)14-15-8-2-1-3-9-15/h1-5,8-11,19,23H,6-7,12-14H2. The number of hydrogen-bond acceptors (Lipinski definition) is 2. The predicted octanol–water partition coefficient (Wildman–Crippen LogP) is 3.47. The fourth-order valence-corrected chi connectivity index (χ4v) is 4.28. The lowest BCUT2D eigenvalue weighted by Gasteiger charge is -2.46. The summed E-state index contributed by atoms with van der Waals surface area (Å²) >= 11 is 0. The zero-order valence-electron chi connectivity index (χ0n) is 13.1. The molecule has 0 radical (unpaired) electrons. The molecule has 3 nitrogen and oxygen atoms in total. The number of benzene rings is 2. The number of aliphatic hydroxyl groups excluding tert-OH is 1. The lowest BCUT2D eigenvalue weighted by molar-refractivity contribution is -0.0516. The molecule has 1 saturated carbocycles. The first kappa shape index (κ1) is 14.5. The molecule has 23 heavy (non-hydrogen) atoms. The van der Waals surface area contributed by atoms with Crippen molar-refractivity contribution in [1.82, 2.24) is 4.90 Å². The monoisotopic (exact) mass is 307 g/mol. The molecule has 1 unspecified atom stereocenters. The van der Waals surface area contributed by atoms with E-state index in [2.05, 4.69) is 0 Å². The van der Waals surface area contributed by atoms with Crippen molar-refractivity contribution < 1.29 is 9.90 Å². The SMILES string of the molecule is O=C1c2ccccc2C2(CCCC2)C(O)N1Cc1ccccc1. The van der Waals surface area contributed by atoms with Gasteiger partial charge in [-0.3, -0.25) is 4.79 Å². The minimum Gasteiger partial charge on any atom is -0.373 e. The van der Waals surface area contributed by atoms with Crippen molar-refractivity contribution in [1.29, 1.82) is 0 Å². The van der Waals surface area contributed by atoms with E-state index < -0.39 is 6.23 Å². The van der Waals surface area contributed by atoms with Gasteiger partial charge in [-0.15, -0.1) is 0 Å². The lowest BCUT2D eigenvalue weighted by Crippen LogP contribution is -2.56. The average molecular weight is 307 g/mol. The Morgan fingerprint density at radius 1 is 1.00 bits per heavy atom. The maximum absolute atomic E-state index is 12.9. The predicted molar refractivity (Wildman–Crippen MR) is 88.9 cm³/mol. The number of hydrogen-bond donors (Lipinski definition) is 1. The Morgan fingerprint density at radius 2 is 1.65 bits per heavy atom. The molecule has 4 rings (SSSR count). The van der Waals surface area contributed by atoms with Crippen molar-refractivity contribution in [3.05, 3.63) is 71.3 Å². The minimum atomic E-state index is -0.743. The maximum Gasteiger partial charge on any atom is 0.256 e. The second-order valence-corrected chi connectivity index (χ2v) is 6.70. The third-order valence-corrected chi connectivity index (χ3v) is 5.44. The van der Waals surface area contributed by atoms with Crippen LogP contribution in [0, 0.1) is 0 Å². The van der Waals surface area contributed by atoms with Crippen LogP contribution in [0.15, 0.2) is 54.6 Å². The Balaban J connectivity index is 1.78. The summed E-state index contributed by atoms with van der Waals surface area (Å²) in [7, 11) is 0. The summed E-state index contributed by atoms with van der Waals surface area (Å²) in [6.07, 6.45) is 3.37. The molecule has 1 aliphatic heterocycles. The topological polar surface area (TPSA) is 40.5 Å². The van der Waals surface area contributed by atoms with Gasteiger partial charge in [0, 0.05) is 17.5 Å². The summed E-state index contributed by atoms with van der Waals surface area (Å²) in [5.41, 5.74) is 2.56. The first-order valence-corrected chi connectivity index (χ1v) is 8.35. The van der Waals surface area contributed by atoms with Crippen LogP contribution < -0.4 is 0 Å². The van der Waals surface area contributed by atoms with Gasteiger partial charge in [-0.05, 0) is 30.0 Å². The van der Waals surface area contributed by atoms with E-state index in [0.717, 1.165) is 42.4 Å². The molecule has 1 spiro atoms. The molecule has 2 aromatic rings. The van der Waals surface area contributed by atoms with Gasteiger partial charge in [0.25, 0.3) is 5.91 Å². The Hall–Kier alpha value is -2.13. The fourth-order valence-electron chi connectivity index (χ4n) is 4.28. The van der Waals surface area contributed by atoms with Gasteiger partial charge in [-0.1, -0.05) is 61.4 Å². The van der Waals surface area contributed by atoms with Crippen LogP contribution in [-0.4, -0.2) is 22.1 Å². The van der Waals surface area contributed by atoms with Gasteiger partial charge in [0.05, 0.1) is 0 Å². The molecule has 1 fully saturated rings. The molecule has 1 N–H and O–H groups in total. The number of fused-ring (bicyclic) bond motifs is 2. The lowest BCUT2D eigenvalue weighted by atomic mass is 9.72. The molecule has 0 bridgehead atoms. The van der Waals surface area contributed by atoms with E-state index in [1.807, 2.05) is 54.6 Å². The summed E-state index contributed by atoms with van der Waals surface area (Å²) in [6.45, 7) is 0.455. The maximum atomic E-state index is 12.9. The minimum absolute atomic E-state index is 0.0607. The molecular formula is C20H21NO2. The van der Waals surface area contributed by atoms with Crippen LogP contribution in [-0.2, 0) is 12.0 Å². The van der Waals surface area contributed by atoms with Crippen LogP contribution in [0.4, 0.5) is 0 Å². The highest BCUT2D eigenvalue weighted by Gasteiger charge is 2.51.